The topological polar surface area (TPSA) is 98.7 Å². The number of hydrogen-bond acceptors (Lipinski definition) is 4. The van der Waals surface area contributed by atoms with Gasteiger partial charge in [0.25, 0.3) is 0 Å². The first kappa shape index (κ1) is 14.6. The molecular formula is C8H17NO5P-. The maximum Gasteiger partial charge on any atom is 0.321 e. The Morgan fingerprint density at radius 1 is 1.60 bits per heavy atom. The number of hydrogen-bond donors (Lipinski definition) is 2. The van der Waals surface area contributed by atoms with E-state index in [9.17, 15) is 14.3 Å². The van der Waals surface area contributed by atoms with Crippen molar-refractivity contribution in [3.8, 4) is 0 Å². The molecule has 1 unspecified atom stereocenters. The number of nitrogens with one attached hydrogen (secondary N) is 1. The van der Waals surface area contributed by atoms with Gasteiger partial charge in [-0.2, -0.15) is 0 Å². The van der Waals surface area contributed by atoms with Gasteiger partial charge in [-0.05, 0) is 12.8 Å². The Hall–Kier alpha value is -0.420. The first-order valence-corrected chi connectivity index (χ1v) is 6.34. The summed E-state index contributed by atoms with van der Waals surface area (Å²) >= 11 is 0. The summed E-state index contributed by atoms with van der Waals surface area (Å²) < 4.78 is 15.6. The van der Waals surface area contributed by atoms with Crippen LogP contribution in [-0.2, 0) is 13.9 Å². The molecule has 0 saturated heterocycles. The third-order valence-corrected chi connectivity index (χ3v) is 3.27. The molecule has 0 aliphatic heterocycles. The van der Waals surface area contributed by atoms with Crippen molar-refractivity contribution < 1.29 is 23.9 Å². The molecule has 0 saturated carbocycles. The highest BCUT2D eigenvalue weighted by molar-refractivity contribution is 7.49. The Morgan fingerprint density at radius 3 is 2.47 bits per heavy atom. The molecule has 0 aromatic heterocycles. The van der Waals surface area contributed by atoms with Crippen molar-refractivity contribution >= 4 is 13.7 Å². The molecule has 90 valence electrons. The quantitative estimate of drug-likeness (QED) is 0.629. The van der Waals surface area contributed by atoms with Gasteiger partial charge in [-0.15, -0.1) is 0 Å². The molecule has 15 heavy (non-hydrogen) atoms. The molecule has 0 aliphatic carbocycles. The summed E-state index contributed by atoms with van der Waals surface area (Å²) in [5.41, 5.74) is 0. The summed E-state index contributed by atoms with van der Waals surface area (Å²) in [4.78, 5) is 22.0. The smallest absolute Gasteiger partial charge is 0.321 e. The second-order valence-electron chi connectivity index (χ2n) is 3.25. The first-order chi connectivity index (χ1) is 6.84. The summed E-state index contributed by atoms with van der Waals surface area (Å²) in [7, 11) is -4.25. The molecular weight excluding hydrogens is 221 g/mol. The molecule has 2 N–H and O–H groups in total. The Kier molecular flexibility index (Phi) is 6.05. The molecule has 0 bridgehead atoms. The minimum Gasteiger partial charge on any atom is -0.766 e. The Morgan fingerprint density at radius 2 is 2.13 bits per heavy atom. The molecule has 0 rings (SSSR count). The maximum absolute atomic E-state index is 11.2. The zero-order valence-electron chi connectivity index (χ0n) is 9.10. The van der Waals surface area contributed by atoms with E-state index in [4.69, 9.17) is 5.11 Å². The summed E-state index contributed by atoms with van der Waals surface area (Å²) in [6.45, 7) is 4.96. The SMILES string of the molecule is CCOP(=O)([O-])N[C@H](C(=O)O)[C@@H](C)CC. The van der Waals surface area contributed by atoms with Gasteiger partial charge in [0.1, 0.15) is 6.04 Å². The molecule has 0 radical (unpaired) electrons. The molecule has 0 aromatic carbocycles. The molecule has 7 heteroatoms. The fourth-order valence-corrected chi connectivity index (χ4v) is 2.16. The van der Waals surface area contributed by atoms with E-state index in [0.29, 0.717) is 6.42 Å². The molecule has 0 aliphatic rings. The van der Waals surface area contributed by atoms with Crippen molar-refractivity contribution in [2.45, 2.75) is 33.2 Å². The fraction of sp³-hybridized carbons (Fsp3) is 0.875. The van der Waals surface area contributed by atoms with Crippen LogP contribution in [0.1, 0.15) is 27.2 Å². The highest BCUT2D eigenvalue weighted by Crippen LogP contribution is 2.33. The van der Waals surface area contributed by atoms with E-state index >= 15 is 0 Å². The van der Waals surface area contributed by atoms with Gasteiger partial charge in [0.15, 0.2) is 0 Å². The average Bonchev–Trinajstić information content (AvgIpc) is 2.12. The van der Waals surface area contributed by atoms with E-state index < -0.39 is 19.8 Å². The minimum atomic E-state index is -4.25. The molecule has 0 aromatic rings. The van der Waals surface area contributed by atoms with Crippen molar-refractivity contribution in [2.75, 3.05) is 6.61 Å². The van der Waals surface area contributed by atoms with Crippen molar-refractivity contribution in [3.63, 3.8) is 0 Å². The van der Waals surface area contributed by atoms with Crippen LogP contribution in [0.15, 0.2) is 0 Å². The van der Waals surface area contributed by atoms with Gasteiger partial charge >= 0.3 is 5.97 Å². The van der Waals surface area contributed by atoms with Crippen LogP contribution < -0.4 is 9.98 Å². The largest absolute Gasteiger partial charge is 0.766 e. The van der Waals surface area contributed by atoms with Crippen LogP contribution in [-0.4, -0.2) is 23.7 Å². The van der Waals surface area contributed by atoms with Gasteiger partial charge in [0.2, 0.25) is 7.75 Å². The van der Waals surface area contributed by atoms with E-state index in [0.717, 1.165) is 0 Å². The highest BCUT2D eigenvalue weighted by atomic mass is 31.2. The molecule has 6 nitrogen and oxygen atoms in total. The fourth-order valence-electron chi connectivity index (χ4n) is 1.04. The number of carboxylic acids is 1. The predicted molar refractivity (Wildman–Crippen MR) is 53.2 cm³/mol. The zero-order valence-corrected chi connectivity index (χ0v) is 9.99. The molecule has 0 heterocycles. The lowest BCUT2D eigenvalue weighted by molar-refractivity contribution is -0.203. The second kappa shape index (κ2) is 6.23. The van der Waals surface area contributed by atoms with Crippen LogP contribution in [0.4, 0.5) is 0 Å². The average molecular weight is 238 g/mol. The Balaban J connectivity index is 4.54. The van der Waals surface area contributed by atoms with E-state index in [-0.39, 0.29) is 12.5 Å². The monoisotopic (exact) mass is 238 g/mol. The van der Waals surface area contributed by atoms with Crippen LogP contribution >= 0.6 is 7.75 Å². The number of carbonyl (C=O) groups is 1. The predicted octanol–water partition coefficient (Wildman–Crippen LogP) is 0.580. The molecule has 0 fully saturated rings. The summed E-state index contributed by atoms with van der Waals surface area (Å²) in [6.07, 6.45) is 0.566. The van der Waals surface area contributed by atoms with Crippen LogP contribution in [0, 0.1) is 5.92 Å². The van der Waals surface area contributed by atoms with Crippen molar-refractivity contribution in [1.29, 1.82) is 0 Å². The summed E-state index contributed by atoms with van der Waals surface area (Å²) in [5.74, 6) is -1.48. The standard InChI is InChI=1S/C8H18NO5P/c1-4-6(3)7(8(10)11)9-15(12,13)14-5-2/h6-7H,4-5H2,1-3H3,(H,10,11)(H2,9,12,13)/p-1/t6-,7-/m0/s1. The van der Waals surface area contributed by atoms with Crippen LogP contribution in [0.5, 0.6) is 0 Å². The van der Waals surface area contributed by atoms with Crippen molar-refractivity contribution in [2.24, 2.45) is 5.92 Å². The highest BCUT2D eigenvalue weighted by Gasteiger charge is 2.27. The number of carboxylic acid groups (broad SMARTS) is 1. The van der Waals surface area contributed by atoms with Crippen LogP contribution in [0.25, 0.3) is 0 Å². The van der Waals surface area contributed by atoms with Crippen molar-refractivity contribution in [1.82, 2.24) is 5.09 Å². The lowest BCUT2D eigenvalue weighted by Gasteiger charge is -2.29. The normalized spacial score (nSPS) is 19.2. The van der Waals surface area contributed by atoms with E-state index in [2.05, 4.69) is 4.52 Å². The third kappa shape index (κ3) is 5.28. The molecule has 0 amide bonds. The first-order valence-electron chi connectivity index (χ1n) is 4.80. The number of rotatable bonds is 7. The summed E-state index contributed by atoms with van der Waals surface area (Å²) in [5, 5.41) is 10.9. The van der Waals surface area contributed by atoms with E-state index in [1.165, 1.54) is 6.92 Å². The van der Waals surface area contributed by atoms with Gasteiger partial charge in [-0.1, -0.05) is 20.3 Å². The van der Waals surface area contributed by atoms with Crippen molar-refractivity contribution in [3.05, 3.63) is 0 Å². The van der Waals surface area contributed by atoms with Gasteiger partial charge in [0, 0.05) is 0 Å². The molecule has 3 atom stereocenters. The van der Waals surface area contributed by atoms with Crippen LogP contribution in [0.2, 0.25) is 0 Å². The van der Waals surface area contributed by atoms with E-state index in [1.807, 2.05) is 5.09 Å². The lowest BCUT2D eigenvalue weighted by Crippen LogP contribution is -2.42. The van der Waals surface area contributed by atoms with Gasteiger partial charge in [-0.25, -0.2) is 5.09 Å². The van der Waals surface area contributed by atoms with E-state index in [1.54, 1.807) is 13.8 Å². The van der Waals surface area contributed by atoms with Gasteiger partial charge < -0.3 is 14.5 Å². The Bertz CT molecular complexity index is 257. The minimum absolute atomic E-state index is 0.0133. The lowest BCUT2D eigenvalue weighted by atomic mass is 10.0. The third-order valence-electron chi connectivity index (χ3n) is 2.08. The number of aliphatic carboxylic acids is 1. The maximum atomic E-state index is 11.2. The second-order valence-corrected chi connectivity index (χ2v) is 4.76. The Labute approximate surface area is 89.2 Å². The van der Waals surface area contributed by atoms with Gasteiger partial charge in [0.05, 0.1) is 6.61 Å². The van der Waals surface area contributed by atoms with Crippen LogP contribution in [0.3, 0.4) is 0 Å². The summed E-state index contributed by atoms with van der Waals surface area (Å²) in [6, 6.07) is -1.13. The molecule has 0 spiro atoms. The zero-order chi connectivity index (χ0) is 12.1. The van der Waals surface area contributed by atoms with Gasteiger partial charge in [-0.3, -0.25) is 9.36 Å².